The lowest BCUT2D eigenvalue weighted by molar-refractivity contribution is 1.55. The first-order valence-corrected chi connectivity index (χ1v) is 10.3. The van der Waals surface area contributed by atoms with Crippen LogP contribution in [0.5, 0.6) is 0 Å². The van der Waals surface area contributed by atoms with Crippen molar-refractivity contribution in [1.29, 1.82) is 0 Å². The molecule has 5 rings (SSSR count). The first-order chi connectivity index (χ1) is 14.9. The van der Waals surface area contributed by atoms with Crippen molar-refractivity contribution in [2.45, 2.75) is 0 Å². The van der Waals surface area contributed by atoms with E-state index in [4.69, 9.17) is 0 Å². The van der Waals surface area contributed by atoms with E-state index in [2.05, 4.69) is 133 Å². The topological polar surface area (TPSA) is 0 Å². The molecule has 0 nitrogen and oxygen atoms in total. The van der Waals surface area contributed by atoms with E-state index in [1.54, 1.807) is 0 Å². The Balaban J connectivity index is 1.73. The summed E-state index contributed by atoms with van der Waals surface area (Å²) >= 11 is 0. The normalized spacial score (nSPS) is 10.7. The zero-order chi connectivity index (χ0) is 20.2. The molecule has 5 aromatic carbocycles. The van der Waals surface area contributed by atoms with E-state index in [1.165, 1.54) is 44.5 Å². The summed E-state index contributed by atoms with van der Waals surface area (Å²) in [6.07, 6.45) is 0. The summed E-state index contributed by atoms with van der Waals surface area (Å²) < 4.78 is 0. The Kier molecular flexibility index (Phi) is 4.98. The van der Waals surface area contributed by atoms with Crippen LogP contribution in [0.15, 0.2) is 133 Å². The molecule has 0 amide bonds. The SMILES string of the molecule is c1ccc(-c2ccccc2-c2ccccc2-c2ccccc2-c2ccccc2)cc1. The van der Waals surface area contributed by atoms with E-state index in [9.17, 15) is 0 Å². The molecule has 0 atom stereocenters. The fourth-order valence-corrected chi connectivity index (χ4v) is 4.13. The maximum atomic E-state index is 2.24. The maximum Gasteiger partial charge on any atom is -0.00990 e. The van der Waals surface area contributed by atoms with Crippen LogP contribution >= 0.6 is 0 Å². The predicted octanol–water partition coefficient (Wildman–Crippen LogP) is 8.35. The number of hydrogen-bond acceptors (Lipinski definition) is 0. The van der Waals surface area contributed by atoms with Gasteiger partial charge < -0.3 is 0 Å². The lowest BCUT2D eigenvalue weighted by Gasteiger charge is -2.17. The van der Waals surface area contributed by atoms with Gasteiger partial charge in [0.15, 0.2) is 0 Å². The number of hydrogen-bond donors (Lipinski definition) is 0. The molecule has 0 spiro atoms. The molecule has 0 radical (unpaired) electrons. The molecule has 0 saturated heterocycles. The molecule has 0 heterocycles. The van der Waals surface area contributed by atoms with Crippen LogP contribution in [0.1, 0.15) is 0 Å². The summed E-state index contributed by atoms with van der Waals surface area (Å²) in [6, 6.07) is 47.4. The Morgan fingerprint density at radius 1 is 0.200 bits per heavy atom. The third-order valence-electron chi connectivity index (χ3n) is 5.53. The molecule has 0 aliphatic carbocycles. The van der Waals surface area contributed by atoms with Gasteiger partial charge in [-0.15, -0.1) is 0 Å². The molecule has 0 bridgehead atoms. The molecule has 0 aliphatic rings. The third kappa shape index (κ3) is 3.44. The van der Waals surface area contributed by atoms with Crippen LogP contribution in [-0.2, 0) is 0 Å². The molecule has 30 heavy (non-hydrogen) atoms. The van der Waals surface area contributed by atoms with Gasteiger partial charge in [-0.25, -0.2) is 0 Å². The third-order valence-corrected chi connectivity index (χ3v) is 5.53. The Hall–Kier alpha value is -3.90. The van der Waals surface area contributed by atoms with Crippen molar-refractivity contribution in [3.8, 4) is 44.5 Å². The van der Waals surface area contributed by atoms with Gasteiger partial charge in [-0.1, -0.05) is 133 Å². The van der Waals surface area contributed by atoms with Crippen LogP contribution < -0.4 is 0 Å². The molecule has 5 aromatic rings. The maximum absolute atomic E-state index is 2.24. The van der Waals surface area contributed by atoms with Crippen molar-refractivity contribution in [2.75, 3.05) is 0 Å². The average Bonchev–Trinajstić information content (AvgIpc) is 2.85. The fourth-order valence-electron chi connectivity index (χ4n) is 4.13. The largest absolute Gasteiger partial charge is 0.0622 e. The van der Waals surface area contributed by atoms with Gasteiger partial charge in [-0.05, 0) is 44.5 Å². The van der Waals surface area contributed by atoms with Crippen molar-refractivity contribution in [3.05, 3.63) is 133 Å². The molecule has 0 aliphatic heterocycles. The zero-order valence-corrected chi connectivity index (χ0v) is 16.7. The Morgan fingerprint density at radius 2 is 0.433 bits per heavy atom. The van der Waals surface area contributed by atoms with Crippen molar-refractivity contribution < 1.29 is 0 Å². The molecule has 142 valence electrons. The van der Waals surface area contributed by atoms with Gasteiger partial charge >= 0.3 is 0 Å². The van der Waals surface area contributed by atoms with Gasteiger partial charge in [0, 0.05) is 0 Å². The van der Waals surface area contributed by atoms with E-state index in [1.807, 2.05) is 0 Å². The molecule has 0 aromatic heterocycles. The van der Waals surface area contributed by atoms with Crippen LogP contribution in [0.4, 0.5) is 0 Å². The first-order valence-electron chi connectivity index (χ1n) is 10.3. The quantitative estimate of drug-likeness (QED) is 0.293. The van der Waals surface area contributed by atoms with E-state index in [0.29, 0.717) is 0 Å². The summed E-state index contributed by atoms with van der Waals surface area (Å²) in [5.41, 5.74) is 9.98. The van der Waals surface area contributed by atoms with Crippen molar-refractivity contribution in [1.82, 2.24) is 0 Å². The van der Waals surface area contributed by atoms with Gasteiger partial charge in [0.25, 0.3) is 0 Å². The first kappa shape index (κ1) is 18.1. The van der Waals surface area contributed by atoms with Crippen molar-refractivity contribution >= 4 is 0 Å². The second kappa shape index (κ2) is 8.23. The second-order valence-corrected chi connectivity index (χ2v) is 7.37. The average molecular weight is 383 g/mol. The Bertz CT molecular complexity index is 1170. The fraction of sp³-hybridized carbons (Fsp3) is 0. The van der Waals surface area contributed by atoms with Crippen LogP contribution in [0.3, 0.4) is 0 Å². The van der Waals surface area contributed by atoms with Crippen molar-refractivity contribution in [3.63, 3.8) is 0 Å². The monoisotopic (exact) mass is 382 g/mol. The summed E-state index contributed by atoms with van der Waals surface area (Å²) in [6.45, 7) is 0. The Labute approximate surface area is 178 Å². The van der Waals surface area contributed by atoms with Gasteiger partial charge in [-0.2, -0.15) is 0 Å². The summed E-state index contributed by atoms with van der Waals surface area (Å²) in [4.78, 5) is 0. The minimum Gasteiger partial charge on any atom is -0.0622 e. The van der Waals surface area contributed by atoms with Crippen LogP contribution in [0.2, 0.25) is 0 Å². The minimum absolute atomic E-state index is 1.24. The van der Waals surface area contributed by atoms with E-state index >= 15 is 0 Å². The number of benzene rings is 5. The highest BCUT2D eigenvalue weighted by molar-refractivity contribution is 5.95. The number of rotatable bonds is 4. The van der Waals surface area contributed by atoms with Gasteiger partial charge in [0.1, 0.15) is 0 Å². The summed E-state index contributed by atoms with van der Waals surface area (Å²) in [5, 5.41) is 0. The van der Waals surface area contributed by atoms with Crippen LogP contribution in [0.25, 0.3) is 44.5 Å². The molecule has 0 heteroatoms. The van der Waals surface area contributed by atoms with Crippen LogP contribution in [0, 0.1) is 0 Å². The highest BCUT2D eigenvalue weighted by atomic mass is 14.2. The standard InChI is InChI=1S/C30H22/c1-3-13-23(14-4-1)25-17-7-9-19-27(25)29-21-11-12-22-30(29)28-20-10-8-18-26(28)24-15-5-2-6-16-24/h1-22H. The van der Waals surface area contributed by atoms with Crippen LogP contribution in [-0.4, -0.2) is 0 Å². The lowest BCUT2D eigenvalue weighted by Crippen LogP contribution is -1.91. The van der Waals surface area contributed by atoms with E-state index < -0.39 is 0 Å². The summed E-state index contributed by atoms with van der Waals surface area (Å²) in [5.74, 6) is 0. The molecular weight excluding hydrogens is 360 g/mol. The molecular formula is C30H22. The smallest absolute Gasteiger partial charge is 0.00990 e. The van der Waals surface area contributed by atoms with Gasteiger partial charge in [0.05, 0.1) is 0 Å². The Morgan fingerprint density at radius 3 is 0.767 bits per heavy atom. The predicted molar refractivity (Wildman–Crippen MR) is 128 cm³/mol. The van der Waals surface area contributed by atoms with E-state index in [0.717, 1.165) is 0 Å². The van der Waals surface area contributed by atoms with E-state index in [-0.39, 0.29) is 0 Å². The second-order valence-electron chi connectivity index (χ2n) is 7.37. The highest BCUT2D eigenvalue weighted by Crippen LogP contribution is 2.41. The molecule has 0 fully saturated rings. The van der Waals surface area contributed by atoms with Crippen molar-refractivity contribution in [2.24, 2.45) is 0 Å². The van der Waals surface area contributed by atoms with Gasteiger partial charge in [-0.3, -0.25) is 0 Å². The lowest BCUT2D eigenvalue weighted by atomic mass is 9.87. The highest BCUT2D eigenvalue weighted by Gasteiger charge is 2.14. The molecule has 0 saturated carbocycles. The summed E-state index contributed by atoms with van der Waals surface area (Å²) in [7, 11) is 0. The minimum atomic E-state index is 1.24. The molecule has 0 unspecified atom stereocenters. The molecule has 0 N–H and O–H groups in total. The van der Waals surface area contributed by atoms with Gasteiger partial charge in [0.2, 0.25) is 0 Å². The zero-order valence-electron chi connectivity index (χ0n) is 16.7.